The van der Waals surface area contributed by atoms with Crippen LogP contribution in [0.3, 0.4) is 0 Å². The van der Waals surface area contributed by atoms with E-state index in [1.54, 1.807) is 11.3 Å². The van der Waals surface area contributed by atoms with Gasteiger partial charge in [-0.2, -0.15) is 5.26 Å². The first-order valence-electron chi connectivity index (χ1n) is 6.57. The summed E-state index contributed by atoms with van der Waals surface area (Å²) in [6, 6.07) is 2.59. The van der Waals surface area contributed by atoms with Crippen LogP contribution in [-0.4, -0.2) is 4.98 Å². The summed E-state index contributed by atoms with van der Waals surface area (Å²) in [7, 11) is 0. The predicted octanol–water partition coefficient (Wildman–Crippen LogP) is 4.19. The molecule has 1 aliphatic carbocycles. The molecular formula is C14H20N2S. The van der Waals surface area contributed by atoms with Gasteiger partial charge in [0.2, 0.25) is 0 Å². The van der Waals surface area contributed by atoms with Gasteiger partial charge in [-0.15, -0.1) is 11.3 Å². The molecule has 0 unspecified atom stereocenters. The molecule has 0 aliphatic heterocycles. The van der Waals surface area contributed by atoms with Crippen molar-refractivity contribution in [3.63, 3.8) is 0 Å². The Morgan fingerprint density at radius 3 is 2.82 bits per heavy atom. The van der Waals surface area contributed by atoms with Crippen LogP contribution in [0.4, 0.5) is 0 Å². The minimum absolute atomic E-state index is 0.123. The van der Waals surface area contributed by atoms with Gasteiger partial charge in [0.15, 0.2) is 0 Å². The van der Waals surface area contributed by atoms with E-state index in [2.05, 4.69) is 18.0 Å². The molecule has 0 bridgehead atoms. The number of hydrogen-bond donors (Lipinski definition) is 0. The lowest BCUT2D eigenvalue weighted by Crippen LogP contribution is -2.28. The largest absolute Gasteiger partial charge is 0.250 e. The second-order valence-corrected chi connectivity index (χ2v) is 6.21. The van der Waals surface area contributed by atoms with Crippen molar-refractivity contribution in [3.8, 4) is 6.07 Å². The van der Waals surface area contributed by atoms with E-state index >= 15 is 0 Å². The van der Waals surface area contributed by atoms with Gasteiger partial charge in [-0.1, -0.05) is 19.8 Å². The van der Waals surface area contributed by atoms with E-state index in [-0.39, 0.29) is 5.41 Å². The fourth-order valence-electron chi connectivity index (χ4n) is 2.88. The lowest BCUT2D eigenvalue weighted by Gasteiger charge is -2.34. The highest BCUT2D eigenvalue weighted by molar-refractivity contribution is 7.09. The number of nitriles is 1. The van der Waals surface area contributed by atoms with Crippen LogP contribution in [0.15, 0.2) is 11.6 Å². The standard InChI is InChI=1S/C14H20N2S/c1-2-3-12-4-6-14(11-15,7-5-12)10-13-16-8-9-17-13/h8-9,12H,2-7,10H2,1H3. The van der Waals surface area contributed by atoms with Crippen molar-refractivity contribution < 1.29 is 0 Å². The summed E-state index contributed by atoms with van der Waals surface area (Å²) in [5.74, 6) is 0.859. The van der Waals surface area contributed by atoms with E-state index in [1.807, 2.05) is 11.6 Å². The summed E-state index contributed by atoms with van der Waals surface area (Å²) in [5, 5.41) is 12.6. The van der Waals surface area contributed by atoms with Gasteiger partial charge in [-0.05, 0) is 31.6 Å². The van der Waals surface area contributed by atoms with Gasteiger partial charge in [0, 0.05) is 18.0 Å². The highest BCUT2D eigenvalue weighted by Gasteiger charge is 2.35. The van der Waals surface area contributed by atoms with Crippen molar-refractivity contribution in [2.24, 2.45) is 11.3 Å². The zero-order chi connectivity index (χ0) is 12.1. The van der Waals surface area contributed by atoms with E-state index in [1.165, 1.54) is 25.7 Å². The van der Waals surface area contributed by atoms with Gasteiger partial charge in [0.1, 0.15) is 0 Å². The van der Waals surface area contributed by atoms with Crippen LogP contribution in [0.1, 0.15) is 50.5 Å². The summed E-state index contributed by atoms with van der Waals surface area (Å²) in [5.41, 5.74) is -0.123. The summed E-state index contributed by atoms with van der Waals surface area (Å²) < 4.78 is 0. The minimum atomic E-state index is -0.123. The summed E-state index contributed by atoms with van der Waals surface area (Å²) in [6.07, 6.45) is 9.89. The van der Waals surface area contributed by atoms with Gasteiger partial charge in [-0.25, -0.2) is 4.98 Å². The fourth-order valence-corrected chi connectivity index (χ4v) is 3.65. The molecule has 0 N–H and O–H groups in total. The molecule has 0 amide bonds. The summed E-state index contributed by atoms with van der Waals surface area (Å²) in [6.45, 7) is 2.25. The van der Waals surface area contributed by atoms with Gasteiger partial charge in [0.05, 0.1) is 16.5 Å². The van der Waals surface area contributed by atoms with Crippen molar-refractivity contribution in [1.29, 1.82) is 5.26 Å². The molecule has 0 aromatic carbocycles. The third-order valence-electron chi connectivity index (χ3n) is 3.97. The monoisotopic (exact) mass is 248 g/mol. The van der Waals surface area contributed by atoms with Crippen molar-refractivity contribution in [2.75, 3.05) is 0 Å². The van der Waals surface area contributed by atoms with Crippen molar-refractivity contribution in [1.82, 2.24) is 4.98 Å². The lowest BCUT2D eigenvalue weighted by atomic mass is 9.69. The Morgan fingerprint density at radius 2 is 2.29 bits per heavy atom. The zero-order valence-corrected chi connectivity index (χ0v) is 11.3. The van der Waals surface area contributed by atoms with Crippen LogP contribution >= 0.6 is 11.3 Å². The molecule has 1 aromatic heterocycles. The average Bonchev–Trinajstić information content (AvgIpc) is 2.85. The zero-order valence-electron chi connectivity index (χ0n) is 10.5. The van der Waals surface area contributed by atoms with Crippen LogP contribution in [0, 0.1) is 22.7 Å². The molecule has 1 heterocycles. The highest BCUT2D eigenvalue weighted by Crippen LogP contribution is 2.42. The Balaban J connectivity index is 1.96. The SMILES string of the molecule is CCCC1CCC(C#N)(Cc2nccs2)CC1. The first-order chi connectivity index (χ1) is 8.28. The van der Waals surface area contributed by atoms with E-state index < -0.39 is 0 Å². The minimum Gasteiger partial charge on any atom is -0.250 e. The molecule has 3 heteroatoms. The van der Waals surface area contributed by atoms with Crippen LogP contribution in [0.2, 0.25) is 0 Å². The summed E-state index contributed by atoms with van der Waals surface area (Å²) in [4.78, 5) is 4.33. The molecule has 0 spiro atoms. The lowest BCUT2D eigenvalue weighted by molar-refractivity contribution is 0.200. The Labute approximate surface area is 108 Å². The Hall–Kier alpha value is -0.880. The van der Waals surface area contributed by atoms with E-state index in [9.17, 15) is 5.26 Å². The van der Waals surface area contributed by atoms with E-state index in [4.69, 9.17) is 0 Å². The quantitative estimate of drug-likeness (QED) is 0.801. The third-order valence-corrected chi connectivity index (χ3v) is 4.75. The normalized spacial score (nSPS) is 28.8. The molecular weight excluding hydrogens is 228 g/mol. The number of nitrogens with zero attached hydrogens (tertiary/aromatic N) is 2. The second-order valence-electron chi connectivity index (χ2n) is 5.23. The molecule has 17 heavy (non-hydrogen) atoms. The number of aromatic nitrogens is 1. The molecule has 0 saturated heterocycles. The first kappa shape index (κ1) is 12.6. The molecule has 1 aliphatic rings. The van der Waals surface area contributed by atoms with Crippen LogP contribution < -0.4 is 0 Å². The van der Waals surface area contributed by atoms with Crippen molar-refractivity contribution in [3.05, 3.63) is 16.6 Å². The average molecular weight is 248 g/mol. The van der Waals surface area contributed by atoms with Crippen molar-refractivity contribution >= 4 is 11.3 Å². The van der Waals surface area contributed by atoms with Gasteiger partial charge in [0.25, 0.3) is 0 Å². The van der Waals surface area contributed by atoms with E-state index in [0.717, 1.165) is 30.2 Å². The molecule has 1 fully saturated rings. The maximum atomic E-state index is 9.48. The number of hydrogen-bond acceptors (Lipinski definition) is 3. The van der Waals surface area contributed by atoms with Crippen LogP contribution in [-0.2, 0) is 6.42 Å². The molecule has 1 saturated carbocycles. The highest BCUT2D eigenvalue weighted by atomic mass is 32.1. The Morgan fingerprint density at radius 1 is 1.53 bits per heavy atom. The molecule has 2 rings (SSSR count). The van der Waals surface area contributed by atoms with E-state index in [0.29, 0.717) is 0 Å². The molecule has 1 aromatic rings. The van der Waals surface area contributed by atoms with Crippen LogP contribution in [0.25, 0.3) is 0 Å². The molecule has 0 atom stereocenters. The second kappa shape index (κ2) is 5.64. The molecule has 0 radical (unpaired) electrons. The Bertz CT molecular complexity index is 369. The van der Waals surface area contributed by atoms with Gasteiger partial charge in [-0.3, -0.25) is 0 Å². The smallest absolute Gasteiger partial charge is 0.0940 e. The third kappa shape index (κ3) is 3.07. The topological polar surface area (TPSA) is 36.7 Å². The van der Waals surface area contributed by atoms with Gasteiger partial charge < -0.3 is 0 Å². The number of rotatable bonds is 4. The molecule has 2 nitrogen and oxygen atoms in total. The first-order valence-corrected chi connectivity index (χ1v) is 7.45. The maximum absolute atomic E-state index is 9.48. The van der Waals surface area contributed by atoms with Crippen molar-refractivity contribution in [2.45, 2.75) is 51.9 Å². The number of thiazole rings is 1. The fraction of sp³-hybridized carbons (Fsp3) is 0.714. The summed E-state index contributed by atoms with van der Waals surface area (Å²) >= 11 is 1.68. The predicted molar refractivity (Wildman–Crippen MR) is 70.7 cm³/mol. The molecule has 92 valence electrons. The van der Waals surface area contributed by atoms with Crippen LogP contribution in [0.5, 0.6) is 0 Å². The maximum Gasteiger partial charge on any atom is 0.0940 e. The van der Waals surface area contributed by atoms with Gasteiger partial charge >= 0.3 is 0 Å². The Kier molecular flexibility index (Phi) is 4.17.